The van der Waals surface area contributed by atoms with E-state index in [1.807, 2.05) is 24.3 Å². The number of benzene rings is 3. The maximum Gasteiger partial charge on any atom is 1.00 e. The average Bonchev–Trinajstić information content (AvgIpc) is 3.98. The predicted octanol–water partition coefficient (Wildman–Crippen LogP) is 0.402. The van der Waals surface area contributed by atoms with Crippen LogP contribution in [-0.4, -0.2) is 83.9 Å². The van der Waals surface area contributed by atoms with Gasteiger partial charge in [0, 0.05) is 18.9 Å². The molecule has 11 rings (SSSR count). The molecular formula is C45H39Cl3Cs2FN11O11S3. The fraction of sp³-hybridized carbons (Fsp3) is 0.0889. The van der Waals surface area contributed by atoms with Crippen molar-refractivity contribution in [2.75, 3.05) is 15.8 Å². The van der Waals surface area contributed by atoms with Gasteiger partial charge in [-0.15, -0.1) is 0 Å². The van der Waals surface area contributed by atoms with Gasteiger partial charge in [-0.2, -0.15) is 4.98 Å². The first kappa shape index (κ1) is 65.1. The minimum Gasteiger partial charge on any atom is -1.00 e. The van der Waals surface area contributed by atoms with Gasteiger partial charge >= 0.3 is 138 Å². The Bertz CT molecular complexity index is 3490. The first-order chi connectivity index (χ1) is 35.9. The summed E-state index contributed by atoms with van der Waals surface area (Å²) >= 11 is 16.5. The molecule has 3 aliphatic rings. The zero-order valence-electron chi connectivity index (χ0n) is 41.7. The molecule has 5 aromatic heterocycles. The number of ether oxygens (including phenoxy) is 1. The summed E-state index contributed by atoms with van der Waals surface area (Å²) in [4.78, 5) is 43.3. The molecule has 76 heavy (non-hydrogen) atoms. The molecule has 388 valence electrons. The number of pyridine rings is 2. The molecule has 3 aliphatic heterocycles. The van der Waals surface area contributed by atoms with Crippen molar-refractivity contribution in [3.63, 3.8) is 0 Å². The summed E-state index contributed by atoms with van der Waals surface area (Å²) in [6, 6.07) is 27.5. The Hall–Kier alpha value is -3.46. The smallest absolute Gasteiger partial charge is 1.00 e. The van der Waals surface area contributed by atoms with Crippen LogP contribution < -0.4 is 161 Å². The third-order valence-corrected chi connectivity index (χ3v) is 15.0. The third-order valence-electron chi connectivity index (χ3n) is 9.24. The summed E-state index contributed by atoms with van der Waals surface area (Å²) in [6.45, 7) is 0.732. The SMILES string of the molecule is Clc1cncc(Cl)n1.O=CO[O-].O=S1(=O)NCc2ccccc21.O=S1(=O)c2ccccc2CN1c1cncc(Cl)n1.O=S1(=O)c2ccccc2CN1c1cncc(Oc2cccnc2)n1.Oc1cccnc1.[2H]CF.[Cs+].[Cs+].[H-]. The van der Waals surface area contributed by atoms with Gasteiger partial charge in [-0.05, 0) is 59.2 Å². The van der Waals surface area contributed by atoms with Crippen LogP contribution in [-0.2, 0) is 59.4 Å². The van der Waals surface area contributed by atoms with Crippen LogP contribution in [0.1, 0.15) is 19.5 Å². The van der Waals surface area contributed by atoms with E-state index in [4.69, 9.17) is 56.1 Å². The molecule has 2 N–H and O–H groups in total. The molecule has 0 radical (unpaired) electrons. The van der Waals surface area contributed by atoms with Crippen molar-refractivity contribution in [3.05, 3.63) is 191 Å². The summed E-state index contributed by atoms with van der Waals surface area (Å²) in [6.07, 6.45) is 14.6. The monoisotopic (exact) mass is 1400 g/mol. The number of sulfonamides is 3. The van der Waals surface area contributed by atoms with Crippen LogP contribution in [0.2, 0.25) is 15.5 Å². The van der Waals surface area contributed by atoms with Gasteiger partial charge in [-0.1, -0.05) is 89.4 Å². The molecule has 0 spiro atoms. The van der Waals surface area contributed by atoms with Crippen molar-refractivity contribution >= 4 is 83.0 Å². The summed E-state index contributed by atoms with van der Waals surface area (Å²) in [7, 11) is -11.3. The zero-order chi connectivity index (χ0) is 54.4. The van der Waals surface area contributed by atoms with Crippen LogP contribution in [0.4, 0.5) is 16.0 Å². The van der Waals surface area contributed by atoms with E-state index in [0.29, 0.717) is 37.3 Å². The number of alkyl halides is 1. The van der Waals surface area contributed by atoms with Gasteiger partial charge in [0.05, 0.1) is 85.9 Å². The Labute approximate surface area is 571 Å². The number of aromatic nitrogens is 8. The second kappa shape index (κ2) is 33.2. The molecule has 0 atom stereocenters. The average molecular weight is 1400 g/mol. The van der Waals surface area contributed by atoms with Crippen molar-refractivity contribution in [3.8, 4) is 17.4 Å². The second-order valence-corrected chi connectivity index (χ2v) is 20.5. The minimum atomic E-state index is -3.63. The number of anilines is 2. The number of nitrogens with zero attached hydrogens (tertiary/aromatic N) is 10. The van der Waals surface area contributed by atoms with Crippen molar-refractivity contribution < 1.29 is 195 Å². The van der Waals surface area contributed by atoms with Crippen LogP contribution in [0.5, 0.6) is 17.4 Å². The summed E-state index contributed by atoms with van der Waals surface area (Å²) in [5.74, 6) is 1.36. The fourth-order valence-corrected chi connectivity index (χ4v) is 11.1. The van der Waals surface area contributed by atoms with E-state index in [9.17, 15) is 29.6 Å². The van der Waals surface area contributed by atoms with E-state index in [2.05, 4.69) is 49.5 Å². The van der Waals surface area contributed by atoms with E-state index >= 15 is 0 Å². The summed E-state index contributed by atoms with van der Waals surface area (Å²) in [5.41, 5.74) is 2.34. The molecule has 0 saturated carbocycles. The Morgan fingerprint density at radius 3 is 1.49 bits per heavy atom. The van der Waals surface area contributed by atoms with E-state index in [-0.39, 0.29) is 187 Å². The number of halogens is 4. The molecule has 3 aromatic carbocycles. The number of carbonyl (C=O) groups excluding carboxylic acids is 1. The quantitative estimate of drug-likeness (QED) is 0.134. The Kier molecular flexibility index (Phi) is 28.4. The molecule has 0 unspecified atom stereocenters. The number of fused-ring (bicyclic) bond motifs is 3. The third kappa shape index (κ3) is 19.4. The molecule has 31 heteroatoms. The molecule has 0 amide bonds. The maximum absolute atomic E-state index is 12.7. The van der Waals surface area contributed by atoms with Gasteiger partial charge in [-0.25, -0.2) is 48.6 Å². The Morgan fingerprint density at radius 1 is 0.632 bits per heavy atom. The van der Waals surface area contributed by atoms with Crippen LogP contribution in [0.3, 0.4) is 0 Å². The van der Waals surface area contributed by atoms with Gasteiger partial charge in [0.1, 0.15) is 27.0 Å². The fourth-order valence-electron chi connectivity index (χ4n) is 6.22. The largest absolute Gasteiger partial charge is 1.00 e. The summed E-state index contributed by atoms with van der Waals surface area (Å²) < 4.78 is 98.2. The molecule has 22 nitrogen and oxygen atoms in total. The molecule has 0 aliphatic carbocycles. The van der Waals surface area contributed by atoms with Crippen molar-refractivity contribution in [2.24, 2.45) is 0 Å². The molecule has 0 saturated heterocycles. The van der Waals surface area contributed by atoms with E-state index in [0.717, 1.165) is 16.7 Å². The number of rotatable bonds is 5. The summed E-state index contributed by atoms with van der Waals surface area (Å²) in [5, 5.41) is 17.8. The predicted molar refractivity (Wildman–Crippen MR) is 267 cm³/mol. The van der Waals surface area contributed by atoms with Crippen LogP contribution in [0.15, 0.2) is 174 Å². The van der Waals surface area contributed by atoms with Gasteiger partial charge < -0.3 is 21.4 Å². The van der Waals surface area contributed by atoms with E-state index in [1.54, 1.807) is 85.2 Å². The van der Waals surface area contributed by atoms with Gasteiger partial charge in [-0.3, -0.25) is 34.1 Å². The normalized spacial score (nSPS) is 13.8. The van der Waals surface area contributed by atoms with Crippen LogP contribution in [0, 0.1) is 0 Å². The number of aromatic hydroxyl groups is 1. The standard InChI is InChI=1S/C16H12N4O3S.C11H8ClN3O2S.C7H7NO2S.C5H5NO.C4H2Cl2N2.CH3F.CH2O3.2Cs.H/c21-24(22)14-6-2-1-4-12(14)11-20(24)15-9-18-10-16(19-15)23-13-5-3-7-17-8-13;12-10-5-13-6-11(14-10)15-7-8-3-1-2-4-9(8)18(15,16)17;9-11(10)7-4-2-1-3-6(7)5-8-11;7-5-2-1-3-6-4-5;5-3-1-7-2-4(6)8-3;1-2;2-1-4-3;;;/h1-10H,11H2;1-6H,7H2;1-4,8H,5H2;1-4,7H;1-2H;1H3;1,3H;;;/q;;;;;;;2*+1;-1/p-1/i;;;;;1D;;;;. The number of carbonyl (C=O) groups is 1. The molecule has 8 aromatic rings. The molecule has 0 bridgehead atoms. The molecule has 0 fully saturated rings. The first-order valence-corrected chi connectivity index (χ1v) is 25.9. The van der Waals surface area contributed by atoms with Crippen LogP contribution in [0.25, 0.3) is 0 Å². The Morgan fingerprint density at radius 2 is 1.08 bits per heavy atom. The van der Waals surface area contributed by atoms with Crippen LogP contribution >= 0.6 is 34.8 Å². The maximum atomic E-state index is 12.7. The number of nitrogens with one attached hydrogen (secondary N) is 1. The van der Waals surface area contributed by atoms with Gasteiger partial charge in [0.2, 0.25) is 15.9 Å². The van der Waals surface area contributed by atoms with Gasteiger partial charge in [0.25, 0.3) is 26.5 Å². The van der Waals surface area contributed by atoms with E-state index in [1.165, 1.54) is 58.2 Å². The zero-order valence-corrected chi connectivity index (χ0v) is 56.9. The van der Waals surface area contributed by atoms with Crippen molar-refractivity contribution in [2.45, 2.75) is 34.3 Å². The Balaban J connectivity index is 0.000000340. The number of hydrogen-bond acceptors (Lipinski definition) is 19. The van der Waals surface area contributed by atoms with E-state index < -0.39 is 37.2 Å². The minimum absolute atomic E-state index is 0. The van der Waals surface area contributed by atoms with Crippen molar-refractivity contribution in [1.29, 1.82) is 0 Å². The van der Waals surface area contributed by atoms with Gasteiger partial charge in [0.15, 0.2) is 11.6 Å². The number of hydrogen-bond donors (Lipinski definition) is 2. The van der Waals surface area contributed by atoms with Crippen molar-refractivity contribution in [1.82, 2.24) is 44.6 Å². The second-order valence-electron chi connectivity index (χ2n) is 13.9. The topological polar surface area (TPSA) is 303 Å². The molecular weight excluding hydrogens is 1360 g/mol. The first-order valence-electron chi connectivity index (χ1n) is 21.1. The molecule has 8 heterocycles.